The van der Waals surface area contributed by atoms with Gasteiger partial charge in [-0.3, -0.25) is 4.79 Å². The number of benzene rings is 2. The summed E-state index contributed by atoms with van der Waals surface area (Å²) in [6, 6.07) is 17.7. The molecular weight excluding hydrogens is 390 g/mol. The van der Waals surface area contributed by atoms with Crippen molar-refractivity contribution in [3.63, 3.8) is 0 Å². The number of carbonyl (C=O) groups excluding carboxylic acids is 1. The highest BCUT2D eigenvalue weighted by Gasteiger charge is 2.34. The molecule has 1 atom stereocenters. The second-order valence-corrected chi connectivity index (χ2v) is 10.2. The minimum atomic E-state index is -3.08. The first-order valence-corrected chi connectivity index (χ1v) is 11.9. The summed E-state index contributed by atoms with van der Waals surface area (Å²) in [5.41, 5.74) is 1.03. The summed E-state index contributed by atoms with van der Waals surface area (Å²) in [6.07, 6.45) is 3.85. The van der Waals surface area contributed by atoms with Crippen LogP contribution in [0.1, 0.15) is 16.9 Å². The Bertz CT molecular complexity index is 1110. The molecule has 28 heavy (non-hydrogen) atoms. The van der Waals surface area contributed by atoms with Gasteiger partial charge in [-0.25, -0.2) is 8.42 Å². The maximum atomic E-state index is 13.0. The summed E-state index contributed by atoms with van der Waals surface area (Å²) in [4.78, 5) is 15.7. The summed E-state index contributed by atoms with van der Waals surface area (Å²) in [5, 5.41) is 4.16. The molecule has 0 aliphatic carbocycles. The van der Waals surface area contributed by atoms with Crippen LogP contribution in [0, 0.1) is 0 Å². The molecule has 4 rings (SSSR count). The Morgan fingerprint density at radius 3 is 2.68 bits per heavy atom. The first-order valence-electron chi connectivity index (χ1n) is 9.21. The molecule has 6 heteroatoms. The van der Waals surface area contributed by atoms with Crippen LogP contribution in [0.15, 0.2) is 66.1 Å². The molecule has 1 aromatic heterocycles. The van der Waals surface area contributed by atoms with E-state index in [0.29, 0.717) is 13.0 Å². The second-order valence-electron chi connectivity index (χ2n) is 7.01. The van der Waals surface area contributed by atoms with Gasteiger partial charge in [0, 0.05) is 23.5 Å². The van der Waals surface area contributed by atoms with Crippen LogP contribution in [-0.2, 0) is 21.2 Å². The van der Waals surface area contributed by atoms with Gasteiger partial charge in [-0.2, -0.15) is 0 Å². The average molecular weight is 412 g/mol. The van der Waals surface area contributed by atoms with Crippen LogP contribution in [0.25, 0.3) is 16.8 Å². The van der Waals surface area contributed by atoms with Gasteiger partial charge in [0.25, 0.3) is 0 Å². The van der Waals surface area contributed by atoms with Crippen molar-refractivity contribution in [3.8, 4) is 0 Å². The molecule has 2 aromatic carbocycles. The topological polar surface area (TPSA) is 54.5 Å². The van der Waals surface area contributed by atoms with Gasteiger partial charge in [0.2, 0.25) is 5.91 Å². The van der Waals surface area contributed by atoms with Gasteiger partial charge in [0.1, 0.15) is 0 Å². The van der Waals surface area contributed by atoms with E-state index in [9.17, 15) is 13.2 Å². The maximum absolute atomic E-state index is 13.0. The Labute approximate surface area is 169 Å². The van der Waals surface area contributed by atoms with Crippen LogP contribution >= 0.6 is 11.3 Å². The Morgan fingerprint density at radius 1 is 1.11 bits per heavy atom. The minimum absolute atomic E-state index is 0.0380. The number of thiophene rings is 1. The first-order chi connectivity index (χ1) is 13.5. The molecule has 3 aromatic rings. The largest absolute Gasteiger partial charge is 0.331 e. The van der Waals surface area contributed by atoms with Gasteiger partial charge in [-0.1, -0.05) is 48.5 Å². The normalized spacial score (nSPS) is 18.6. The summed E-state index contributed by atoms with van der Waals surface area (Å²) >= 11 is 1.56. The molecule has 1 amide bonds. The van der Waals surface area contributed by atoms with Gasteiger partial charge in [0.15, 0.2) is 9.84 Å². The molecular formula is C22H21NO3S2. The highest BCUT2D eigenvalue weighted by molar-refractivity contribution is 7.91. The number of hydrogen-bond acceptors (Lipinski definition) is 4. The molecule has 0 saturated carbocycles. The summed E-state index contributed by atoms with van der Waals surface area (Å²) in [5.74, 6) is 0.0329. The monoisotopic (exact) mass is 411 g/mol. The Morgan fingerprint density at radius 2 is 1.93 bits per heavy atom. The molecule has 2 heterocycles. The van der Waals surface area contributed by atoms with Crippen LogP contribution in [0.5, 0.6) is 0 Å². The molecule has 0 bridgehead atoms. The molecule has 1 aliphatic heterocycles. The van der Waals surface area contributed by atoms with Crippen molar-refractivity contribution in [2.45, 2.75) is 19.0 Å². The van der Waals surface area contributed by atoms with Gasteiger partial charge >= 0.3 is 0 Å². The van der Waals surface area contributed by atoms with Crippen molar-refractivity contribution >= 4 is 43.9 Å². The number of rotatable bonds is 5. The first kappa shape index (κ1) is 18.9. The summed E-state index contributed by atoms with van der Waals surface area (Å²) in [6.45, 7) is 0.398. The second kappa shape index (κ2) is 7.89. The van der Waals surface area contributed by atoms with E-state index in [1.54, 1.807) is 28.4 Å². The minimum Gasteiger partial charge on any atom is -0.331 e. The van der Waals surface area contributed by atoms with Crippen LogP contribution < -0.4 is 0 Å². The Balaban J connectivity index is 1.65. The molecule has 0 spiro atoms. The van der Waals surface area contributed by atoms with E-state index < -0.39 is 9.84 Å². The van der Waals surface area contributed by atoms with E-state index in [0.717, 1.165) is 21.2 Å². The molecule has 0 unspecified atom stereocenters. The number of carbonyl (C=O) groups is 1. The average Bonchev–Trinajstić information content (AvgIpc) is 3.33. The predicted octanol–water partition coefficient (Wildman–Crippen LogP) is 4.13. The zero-order chi connectivity index (χ0) is 19.6. The number of hydrogen-bond donors (Lipinski definition) is 0. The molecule has 144 valence electrons. The van der Waals surface area contributed by atoms with Gasteiger partial charge in [-0.15, -0.1) is 11.3 Å². The lowest BCUT2D eigenvalue weighted by Crippen LogP contribution is -2.39. The van der Waals surface area contributed by atoms with Gasteiger partial charge < -0.3 is 4.90 Å². The van der Waals surface area contributed by atoms with Crippen molar-refractivity contribution in [1.82, 2.24) is 4.90 Å². The smallest absolute Gasteiger partial charge is 0.247 e. The zero-order valence-electron chi connectivity index (χ0n) is 15.3. The fourth-order valence-corrected chi connectivity index (χ4v) is 6.01. The van der Waals surface area contributed by atoms with Gasteiger partial charge in [-0.05, 0) is 40.3 Å². The molecule has 1 aliphatic rings. The SMILES string of the molecule is O=C(/C=C/c1cccs1)N(Cc1cccc2ccccc12)[C@H]1CCS(=O)(=O)C1. The van der Waals surface area contributed by atoms with E-state index in [2.05, 4.69) is 0 Å². The van der Waals surface area contributed by atoms with E-state index in [1.165, 1.54) is 0 Å². The van der Waals surface area contributed by atoms with Crippen molar-refractivity contribution in [2.75, 3.05) is 11.5 Å². The molecule has 1 saturated heterocycles. The fourth-order valence-electron chi connectivity index (χ4n) is 3.66. The lowest BCUT2D eigenvalue weighted by atomic mass is 10.0. The zero-order valence-corrected chi connectivity index (χ0v) is 17.0. The fraction of sp³-hybridized carbons (Fsp3) is 0.227. The Kier molecular flexibility index (Phi) is 5.33. The number of fused-ring (bicyclic) bond motifs is 1. The van der Waals surface area contributed by atoms with E-state index in [-0.39, 0.29) is 23.5 Å². The quantitative estimate of drug-likeness (QED) is 0.593. The van der Waals surface area contributed by atoms with E-state index in [4.69, 9.17) is 0 Å². The molecule has 4 nitrogen and oxygen atoms in total. The summed E-state index contributed by atoms with van der Waals surface area (Å²) < 4.78 is 24.0. The van der Waals surface area contributed by atoms with Crippen molar-refractivity contribution in [3.05, 3.63) is 76.5 Å². The lowest BCUT2D eigenvalue weighted by Gasteiger charge is -2.28. The van der Waals surface area contributed by atoms with E-state index >= 15 is 0 Å². The van der Waals surface area contributed by atoms with Crippen LogP contribution in [0.2, 0.25) is 0 Å². The molecule has 0 radical (unpaired) electrons. The molecule has 1 fully saturated rings. The highest BCUT2D eigenvalue weighted by Crippen LogP contribution is 2.25. The van der Waals surface area contributed by atoms with E-state index in [1.807, 2.05) is 60.0 Å². The van der Waals surface area contributed by atoms with Crippen LogP contribution in [0.4, 0.5) is 0 Å². The van der Waals surface area contributed by atoms with Gasteiger partial charge in [0.05, 0.1) is 11.5 Å². The standard InChI is InChI=1S/C22H21NO3S2/c24-22(11-10-20-8-4-13-27-20)23(19-12-14-28(25,26)16-19)15-18-7-3-6-17-5-1-2-9-21(17)18/h1-11,13,19H,12,14-16H2/b11-10+/t19-/m0/s1. The third-order valence-corrected chi connectivity index (χ3v) is 7.67. The highest BCUT2D eigenvalue weighted by atomic mass is 32.2. The summed E-state index contributed by atoms with van der Waals surface area (Å²) in [7, 11) is -3.08. The third-order valence-electron chi connectivity index (χ3n) is 5.09. The molecule has 0 N–H and O–H groups in total. The number of amides is 1. The predicted molar refractivity (Wildman–Crippen MR) is 115 cm³/mol. The number of sulfone groups is 1. The van der Waals surface area contributed by atoms with Crippen molar-refractivity contribution < 1.29 is 13.2 Å². The Hall–Kier alpha value is -2.44. The van der Waals surface area contributed by atoms with Crippen molar-refractivity contribution in [1.29, 1.82) is 0 Å². The van der Waals surface area contributed by atoms with Crippen molar-refractivity contribution in [2.24, 2.45) is 0 Å². The van der Waals surface area contributed by atoms with Crippen LogP contribution in [-0.4, -0.2) is 36.8 Å². The maximum Gasteiger partial charge on any atom is 0.247 e. The third kappa shape index (κ3) is 4.18. The number of nitrogens with zero attached hydrogens (tertiary/aromatic N) is 1. The lowest BCUT2D eigenvalue weighted by molar-refractivity contribution is -0.128. The van der Waals surface area contributed by atoms with Crippen LogP contribution in [0.3, 0.4) is 0 Å².